The van der Waals surface area contributed by atoms with E-state index in [9.17, 15) is 4.39 Å². The van der Waals surface area contributed by atoms with Crippen LogP contribution < -0.4 is 10.6 Å². The average Bonchev–Trinajstić information content (AvgIpc) is 2.20. The number of benzene rings is 1. The lowest BCUT2D eigenvalue weighted by Gasteiger charge is -2.37. The molecule has 0 aromatic heterocycles. The fourth-order valence-electron chi connectivity index (χ4n) is 2.28. The first-order valence-corrected chi connectivity index (χ1v) is 5.82. The molecule has 1 atom stereocenters. The highest BCUT2D eigenvalue weighted by Crippen LogP contribution is 2.21. The van der Waals surface area contributed by atoms with E-state index in [1.807, 2.05) is 0 Å². The fourth-order valence-corrected chi connectivity index (χ4v) is 2.28. The van der Waals surface area contributed by atoms with Gasteiger partial charge in [-0.05, 0) is 57.5 Å². The minimum absolute atomic E-state index is 0.184. The number of piperidine rings is 1. The molecule has 0 amide bonds. The standard InChI is InChI=1S/C13H19FN2/c1-13(2)9-12(7-8-15-13)16-11-5-3-10(14)4-6-11/h3-6,12,15-16H,7-9H2,1-2H3. The van der Waals surface area contributed by atoms with E-state index in [2.05, 4.69) is 24.5 Å². The topological polar surface area (TPSA) is 24.1 Å². The molecule has 0 saturated carbocycles. The molecule has 2 nitrogen and oxygen atoms in total. The van der Waals surface area contributed by atoms with Gasteiger partial charge in [0.25, 0.3) is 0 Å². The zero-order valence-electron chi connectivity index (χ0n) is 9.89. The van der Waals surface area contributed by atoms with Crippen LogP contribution in [0.1, 0.15) is 26.7 Å². The fraction of sp³-hybridized carbons (Fsp3) is 0.538. The quantitative estimate of drug-likeness (QED) is 0.804. The molecular formula is C13H19FN2. The van der Waals surface area contributed by atoms with Crippen LogP contribution in [0.2, 0.25) is 0 Å². The van der Waals surface area contributed by atoms with Gasteiger partial charge in [0.05, 0.1) is 0 Å². The van der Waals surface area contributed by atoms with Crippen molar-refractivity contribution in [2.24, 2.45) is 0 Å². The van der Waals surface area contributed by atoms with Gasteiger partial charge in [0.1, 0.15) is 5.82 Å². The lowest BCUT2D eigenvalue weighted by Crippen LogP contribution is -2.49. The van der Waals surface area contributed by atoms with Gasteiger partial charge in [-0.3, -0.25) is 0 Å². The zero-order valence-corrected chi connectivity index (χ0v) is 9.89. The third kappa shape index (κ3) is 2.95. The molecule has 1 saturated heterocycles. The van der Waals surface area contributed by atoms with Crippen LogP contribution in [0.3, 0.4) is 0 Å². The highest BCUT2D eigenvalue weighted by atomic mass is 19.1. The summed E-state index contributed by atoms with van der Waals surface area (Å²) in [6.45, 7) is 5.46. The monoisotopic (exact) mass is 222 g/mol. The van der Waals surface area contributed by atoms with Crippen LogP contribution in [0.15, 0.2) is 24.3 Å². The number of hydrogen-bond donors (Lipinski definition) is 2. The number of rotatable bonds is 2. The van der Waals surface area contributed by atoms with Gasteiger partial charge in [0.2, 0.25) is 0 Å². The van der Waals surface area contributed by atoms with Crippen molar-refractivity contribution in [3.05, 3.63) is 30.1 Å². The summed E-state index contributed by atoms with van der Waals surface area (Å²) in [6.07, 6.45) is 2.20. The van der Waals surface area contributed by atoms with Crippen LogP contribution in [0.4, 0.5) is 10.1 Å². The van der Waals surface area contributed by atoms with Crippen LogP contribution in [-0.2, 0) is 0 Å². The Kier molecular flexibility index (Phi) is 3.15. The van der Waals surface area contributed by atoms with Crippen LogP contribution in [-0.4, -0.2) is 18.1 Å². The molecule has 1 unspecified atom stereocenters. The molecule has 3 heteroatoms. The second-order valence-electron chi connectivity index (χ2n) is 5.15. The SMILES string of the molecule is CC1(C)CC(Nc2ccc(F)cc2)CCN1. The van der Waals surface area contributed by atoms with E-state index in [0.717, 1.165) is 25.1 Å². The molecule has 0 bridgehead atoms. The van der Waals surface area contributed by atoms with Gasteiger partial charge in [-0.2, -0.15) is 0 Å². The van der Waals surface area contributed by atoms with Crippen molar-refractivity contribution in [1.29, 1.82) is 0 Å². The Morgan fingerprint density at radius 1 is 1.31 bits per heavy atom. The summed E-state index contributed by atoms with van der Waals surface area (Å²) < 4.78 is 12.8. The first kappa shape index (κ1) is 11.4. The molecule has 1 aliphatic rings. The Bertz CT molecular complexity index is 345. The van der Waals surface area contributed by atoms with E-state index in [1.165, 1.54) is 12.1 Å². The minimum Gasteiger partial charge on any atom is -0.382 e. The summed E-state index contributed by atoms with van der Waals surface area (Å²) in [5.74, 6) is -0.184. The highest BCUT2D eigenvalue weighted by Gasteiger charge is 2.26. The van der Waals surface area contributed by atoms with Crippen LogP contribution >= 0.6 is 0 Å². The zero-order chi connectivity index (χ0) is 11.6. The van der Waals surface area contributed by atoms with E-state index in [4.69, 9.17) is 0 Å². The third-order valence-electron chi connectivity index (χ3n) is 3.07. The molecule has 1 heterocycles. The summed E-state index contributed by atoms with van der Waals surface area (Å²) in [5.41, 5.74) is 1.19. The molecule has 16 heavy (non-hydrogen) atoms. The summed E-state index contributed by atoms with van der Waals surface area (Å²) in [5, 5.41) is 6.94. The Morgan fingerprint density at radius 3 is 2.62 bits per heavy atom. The molecule has 0 spiro atoms. The van der Waals surface area contributed by atoms with Crippen molar-refractivity contribution < 1.29 is 4.39 Å². The molecule has 1 aromatic carbocycles. The molecular weight excluding hydrogens is 203 g/mol. The summed E-state index contributed by atoms with van der Waals surface area (Å²) in [7, 11) is 0. The smallest absolute Gasteiger partial charge is 0.123 e. The van der Waals surface area contributed by atoms with Crippen molar-refractivity contribution in [3.63, 3.8) is 0 Å². The van der Waals surface area contributed by atoms with Crippen LogP contribution in [0.5, 0.6) is 0 Å². The number of nitrogens with one attached hydrogen (secondary N) is 2. The minimum atomic E-state index is -0.184. The van der Waals surface area contributed by atoms with E-state index < -0.39 is 0 Å². The van der Waals surface area contributed by atoms with Crippen LogP contribution in [0, 0.1) is 5.82 Å². The molecule has 0 aliphatic carbocycles. The maximum Gasteiger partial charge on any atom is 0.123 e. The largest absolute Gasteiger partial charge is 0.382 e. The van der Waals surface area contributed by atoms with E-state index in [1.54, 1.807) is 12.1 Å². The second-order valence-corrected chi connectivity index (χ2v) is 5.15. The van der Waals surface area contributed by atoms with E-state index in [0.29, 0.717) is 6.04 Å². The van der Waals surface area contributed by atoms with Gasteiger partial charge in [-0.1, -0.05) is 0 Å². The number of halogens is 1. The van der Waals surface area contributed by atoms with Crippen molar-refractivity contribution in [3.8, 4) is 0 Å². The van der Waals surface area contributed by atoms with E-state index in [-0.39, 0.29) is 11.4 Å². The van der Waals surface area contributed by atoms with E-state index >= 15 is 0 Å². The molecule has 0 radical (unpaired) electrons. The lowest BCUT2D eigenvalue weighted by molar-refractivity contribution is 0.286. The maximum atomic E-state index is 12.8. The van der Waals surface area contributed by atoms with Crippen molar-refractivity contribution >= 4 is 5.69 Å². The average molecular weight is 222 g/mol. The third-order valence-corrected chi connectivity index (χ3v) is 3.07. The number of anilines is 1. The van der Waals surface area contributed by atoms with Gasteiger partial charge < -0.3 is 10.6 Å². The lowest BCUT2D eigenvalue weighted by atomic mass is 9.89. The number of hydrogen-bond acceptors (Lipinski definition) is 2. The Labute approximate surface area is 96.2 Å². The molecule has 1 aromatic rings. The molecule has 1 fully saturated rings. The van der Waals surface area contributed by atoms with Gasteiger partial charge in [0, 0.05) is 17.3 Å². The first-order valence-electron chi connectivity index (χ1n) is 5.82. The van der Waals surface area contributed by atoms with Crippen molar-refractivity contribution in [2.75, 3.05) is 11.9 Å². The summed E-state index contributed by atoms with van der Waals surface area (Å²) >= 11 is 0. The van der Waals surface area contributed by atoms with Gasteiger partial charge in [-0.25, -0.2) is 4.39 Å². The predicted molar refractivity (Wildman–Crippen MR) is 65.1 cm³/mol. The van der Waals surface area contributed by atoms with Gasteiger partial charge >= 0.3 is 0 Å². The van der Waals surface area contributed by atoms with Crippen molar-refractivity contribution in [2.45, 2.75) is 38.3 Å². The van der Waals surface area contributed by atoms with Crippen molar-refractivity contribution in [1.82, 2.24) is 5.32 Å². The second kappa shape index (κ2) is 4.42. The Morgan fingerprint density at radius 2 is 2.00 bits per heavy atom. The molecule has 1 aliphatic heterocycles. The Balaban J connectivity index is 1.97. The predicted octanol–water partition coefficient (Wildman–Crippen LogP) is 2.77. The highest BCUT2D eigenvalue weighted by molar-refractivity contribution is 5.44. The molecule has 2 N–H and O–H groups in total. The summed E-state index contributed by atoms with van der Waals surface area (Å²) in [6, 6.07) is 7.05. The van der Waals surface area contributed by atoms with Gasteiger partial charge in [-0.15, -0.1) is 0 Å². The first-order chi connectivity index (χ1) is 7.55. The Hall–Kier alpha value is -1.09. The van der Waals surface area contributed by atoms with Crippen LogP contribution in [0.25, 0.3) is 0 Å². The molecule has 88 valence electrons. The van der Waals surface area contributed by atoms with Gasteiger partial charge in [0.15, 0.2) is 0 Å². The normalized spacial score (nSPS) is 24.1. The maximum absolute atomic E-state index is 12.8. The molecule has 2 rings (SSSR count). The summed E-state index contributed by atoms with van der Waals surface area (Å²) in [4.78, 5) is 0.